The maximum atomic E-state index is 12.4. The molecule has 0 spiro atoms. The standard InChI is InChI=1S/C21H14O4S/c22-20(11-14-5-2-1-3-6-14)24-15-8-9-17-18(12-15)25-19(21(17)23)13-16-7-4-10-26-16/h1-10,12-13H,11H2/b19-13-. The fourth-order valence-electron chi connectivity index (χ4n) is 2.66. The van der Waals surface area contributed by atoms with Crippen LogP contribution in [0.5, 0.6) is 11.5 Å². The van der Waals surface area contributed by atoms with Crippen molar-refractivity contribution in [3.8, 4) is 11.5 Å². The van der Waals surface area contributed by atoms with Crippen molar-refractivity contribution in [2.75, 3.05) is 0 Å². The second kappa shape index (κ2) is 6.98. The van der Waals surface area contributed by atoms with Gasteiger partial charge >= 0.3 is 5.97 Å². The Morgan fingerprint density at radius 3 is 2.69 bits per heavy atom. The summed E-state index contributed by atoms with van der Waals surface area (Å²) in [4.78, 5) is 25.4. The molecule has 2 heterocycles. The first-order valence-corrected chi connectivity index (χ1v) is 8.93. The third-order valence-corrected chi connectivity index (χ3v) is 4.70. The van der Waals surface area contributed by atoms with Crippen molar-refractivity contribution in [1.29, 1.82) is 0 Å². The molecular weight excluding hydrogens is 348 g/mol. The van der Waals surface area contributed by atoms with Crippen molar-refractivity contribution in [3.63, 3.8) is 0 Å². The minimum absolute atomic E-state index is 0.171. The van der Waals surface area contributed by atoms with Crippen molar-refractivity contribution in [2.24, 2.45) is 0 Å². The van der Waals surface area contributed by atoms with E-state index in [1.54, 1.807) is 24.3 Å². The fraction of sp³-hybridized carbons (Fsp3) is 0.0476. The molecule has 128 valence electrons. The lowest BCUT2D eigenvalue weighted by Gasteiger charge is -2.05. The lowest BCUT2D eigenvalue weighted by molar-refractivity contribution is -0.133. The Hall–Kier alpha value is -3.18. The number of allylic oxidation sites excluding steroid dienone is 1. The number of esters is 1. The molecule has 1 aliphatic heterocycles. The monoisotopic (exact) mass is 362 g/mol. The van der Waals surface area contributed by atoms with Gasteiger partial charge in [0.15, 0.2) is 5.76 Å². The van der Waals surface area contributed by atoms with Crippen LogP contribution < -0.4 is 9.47 Å². The Morgan fingerprint density at radius 2 is 1.92 bits per heavy atom. The fourth-order valence-corrected chi connectivity index (χ4v) is 3.31. The lowest BCUT2D eigenvalue weighted by Crippen LogP contribution is -2.11. The molecule has 3 aromatic rings. The summed E-state index contributed by atoms with van der Waals surface area (Å²) in [5, 5.41) is 1.93. The molecule has 26 heavy (non-hydrogen) atoms. The predicted octanol–water partition coefficient (Wildman–Crippen LogP) is 4.51. The molecule has 0 N–H and O–H groups in total. The van der Waals surface area contributed by atoms with Crippen LogP contribution in [0.3, 0.4) is 0 Å². The van der Waals surface area contributed by atoms with Gasteiger partial charge in [-0.05, 0) is 29.1 Å². The van der Waals surface area contributed by atoms with Crippen LogP contribution in [0.15, 0.2) is 71.8 Å². The van der Waals surface area contributed by atoms with E-state index in [4.69, 9.17) is 9.47 Å². The van der Waals surface area contributed by atoms with Crippen molar-refractivity contribution >= 4 is 29.2 Å². The van der Waals surface area contributed by atoms with E-state index in [9.17, 15) is 9.59 Å². The highest BCUT2D eigenvalue weighted by Gasteiger charge is 2.28. The molecule has 0 radical (unpaired) electrons. The van der Waals surface area contributed by atoms with Crippen LogP contribution in [0.1, 0.15) is 20.8 Å². The second-order valence-corrected chi connectivity index (χ2v) is 6.73. The Labute approximate surface area is 154 Å². The van der Waals surface area contributed by atoms with Crippen molar-refractivity contribution in [1.82, 2.24) is 0 Å². The SMILES string of the molecule is O=C(Cc1ccccc1)Oc1ccc2c(c1)O/C(=C\c1cccs1)C2=O. The minimum atomic E-state index is -0.366. The number of hydrogen-bond donors (Lipinski definition) is 0. The van der Waals surface area contributed by atoms with Gasteiger partial charge in [-0.15, -0.1) is 11.3 Å². The molecular formula is C21H14O4S. The van der Waals surface area contributed by atoms with E-state index in [0.29, 0.717) is 17.1 Å². The molecule has 1 aliphatic rings. The van der Waals surface area contributed by atoms with Crippen molar-refractivity contribution in [2.45, 2.75) is 6.42 Å². The Morgan fingerprint density at radius 1 is 1.08 bits per heavy atom. The zero-order valence-electron chi connectivity index (χ0n) is 13.7. The van der Waals surface area contributed by atoms with E-state index in [1.807, 2.05) is 47.8 Å². The molecule has 0 saturated carbocycles. The van der Waals surface area contributed by atoms with E-state index in [-0.39, 0.29) is 23.9 Å². The van der Waals surface area contributed by atoms with Crippen molar-refractivity contribution in [3.05, 3.63) is 87.8 Å². The third-order valence-electron chi connectivity index (χ3n) is 3.88. The number of thiophene rings is 1. The van der Waals surface area contributed by atoms with Gasteiger partial charge in [-0.25, -0.2) is 0 Å². The molecule has 4 nitrogen and oxygen atoms in total. The minimum Gasteiger partial charge on any atom is -0.452 e. The summed E-state index contributed by atoms with van der Waals surface area (Å²) in [5.74, 6) is 0.498. The molecule has 2 aromatic carbocycles. The molecule has 0 amide bonds. The quantitative estimate of drug-likeness (QED) is 0.389. The highest BCUT2D eigenvalue weighted by Crippen LogP contribution is 2.35. The summed E-state index contributed by atoms with van der Waals surface area (Å²) in [6, 6.07) is 18.0. The smallest absolute Gasteiger partial charge is 0.315 e. The van der Waals surface area contributed by atoms with Gasteiger partial charge in [0.2, 0.25) is 5.78 Å². The van der Waals surface area contributed by atoms with Crippen LogP contribution in [0.4, 0.5) is 0 Å². The van der Waals surface area contributed by atoms with Crippen LogP contribution in [-0.4, -0.2) is 11.8 Å². The second-order valence-electron chi connectivity index (χ2n) is 5.75. The number of Topliss-reactive ketones (excluding diaryl/α,β-unsaturated/α-hetero) is 1. The van der Waals surface area contributed by atoms with Gasteiger partial charge in [-0.2, -0.15) is 0 Å². The first-order valence-electron chi connectivity index (χ1n) is 8.05. The van der Waals surface area contributed by atoms with E-state index < -0.39 is 0 Å². The first-order chi connectivity index (χ1) is 12.7. The summed E-state index contributed by atoms with van der Waals surface area (Å²) >= 11 is 1.53. The van der Waals surface area contributed by atoms with Crippen LogP contribution >= 0.6 is 11.3 Å². The molecule has 0 saturated heterocycles. The number of fused-ring (bicyclic) bond motifs is 1. The number of hydrogen-bond acceptors (Lipinski definition) is 5. The average molecular weight is 362 g/mol. The Bertz CT molecular complexity index is 988. The molecule has 4 rings (SSSR count). The normalized spacial score (nSPS) is 14.2. The largest absolute Gasteiger partial charge is 0.452 e. The zero-order chi connectivity index (χ0) is 17.9. The maximum Gasteiger partial charge on any atom is 0.315 e. The number of ketones is 1. The number of carbonyl (C=O) groups excluding carboxylic acids is 2. The maximum absolute atomic E-state index is 12.4. The van der Waals surface area contributed by atoms with E-state index in [2.05, 4.69) is 0 Å². The van der Waals surface area contributed by atoms with Crippen LogP contribution in [0, 0.1) is 0 Å². The predicted molar refractivity (Wildman–Crippen MR) is 99.5 cm³/mol. The summed E-state index contributed by atoms with van der Waals surface area (Å²) < 4.78 is 11.0. The van der Waals surface area contributed by atoms with Gasteiger partial charge in [-0.1, -0.05) is 36.4 Å². The summed E-state index contributed by atoms with van der Waals surface area (Å²) in [6.07, 6.45) is 1.90. The van der Waals surface area contributed by atoms with Crippen LogP contribution in [-0.2, 0) is 11.2 Å². The number of carbonyl (C=O) groups is 2. The van der Waals surface area contributed by atoms with Crippen LogP contribution in [0.2, 0.25) is 0 Å². The van der Waals surface area contributed by atoms with Gasteiger partial charge in [0.05, 0.1) is 12.0 Å². The summed E-state index contributed by atoms with van der Waals surface area (Å²) in [5.41, 5.74) is 1.35. The van der Waals surface area contributed by atoms with Gasteiger partial charge < -0.3 is 9.47 Å². The Balaban J connectivity index is 1.49. The lowest BCUT2D eigenvalue weighted by atomic mass is 10.1. The van der Waals surface area contributed by atoms with E-state index >= 15 is 0 Å². The zero-order valence-corrected chi connectivity index (χ0v) is 14.5. The highest BCUT2D eigenvalue weighted by atomic mass is 32.1. The molecule has 0 fully saturated rings. The first kappa shape index (κ1) is 16.3. The number of benzene rings is 2. The van der Waals surface area contributed by atoms with E-state index in [0.717, 1.165) is 10.4 Å². The summed E-state index contributed by atoms with van der Waals surface area (Å²) in [6.45, 7) is 0. The number of ether oxygens (including phenoxy) is 2. The van der Waals surface area contributed by atoms with Gasteiger partial charge in [0.25, 0.3) is 0 Å². The van der Waals surface area contributed by atoms with E-state index in [1.165, 1.54) is 11.3 Å². The van der Waals surface area contributed by atoms with Gasteiger partial charge in [0, 0.05) is 17.0 Å². The molecule has 5 heteroatoms. The third kappa shape index (κ3) is 3.43. The molecule has 0 unspecified atom stereocenters. The average Bonchev–Trinajstić information content (AvgIpc) is 3.25. The molecule has 0 atom stereocenters. The molecule has 0 aliphatic carbocycles. The topological polar surface area (TPSA) is 52.6 Å². The van der Waals surface area contributed by atoms with Crippen molar-refractivity contribution < 1.29 is 19.1 Å². The van der Waals surface area contributed by atoms with Crippen LogP contribution in [0.25, 0.3) is 6.08 Å². The van der Waals surface area contributed by atoms with Gasteiger partial charge in [-0.3, -0.25) is 9.59 Å². The van der Waals surface area contributed by atoms with Gasteiger partial charge in [0.1, 0.15) is 11.5 Å². The summed E-state index contributed by atoms with van der Waals surface area (Å²) in [7, 11) is 0. The number of rotatable bonds is 4. The highest BCUT2D eigenvalue weighted by molar-refractivity contribution is 7.10. The molecule has 1 aromatic heterocycles. The Kier molecular flexibility index (Phi) is 4.37. The molecule has 0 bridgehead atoms.